The molecule has 2 aliphatic rings. The van der Waals surface area contributed by atoms with Gasteiger partial charge in [0.1, 0.15) is 6.04 Å². The van der Waals surface area contributed by atoms with Crippen LogP contribution in [0.5, 0.6) is 0 Å². The fraction of sp³-hybridized carbons (Fsp3) is 0.571. The predicted octanol–water partition coefficient (Wildman–Crippen LogP) is 2.07. The maximum absolute atomic E-state index is 13.7. The van der Waals surface area contributed by atoms with E-state index in [0.29, 0.717) is 26.2 Å². The van der Waals surface area contributed by atoms with Crippen LogP contribution in [0.3, 0.4) is 0 Å². The Morgan fingerprint density at radius 3 is 2.86 bits per heavy atom. The molecule has 3 rings (SSSR count). The number of likely N-dealkylation sites (tertiary alicyclic amines) is 1. The third kappa shape index (κ3) is 3.11. The molecule has 21 heavy (non-hydrogen) atoms. The standard InChI is InChI=1S/C14H17ClFN3O2/c15-9-7-11(16)13(17-8-9)18-12-1-4-19(14(12)20)10-2-5-21-6-3-10/h7-8,10,12H,1-6H2,(H,17,18)/t12-/m0/s1. The van der Waals surface area contributed by atoms with Crippen molar-refractivity contribution in [1.29, 1.82) is 0 Å². The van der Waals surface area contributed by atoms with Gasteiger partial charge in [-0.15, -0.1) is 0 Å². The Bertz CT molecular complexity index is 537. The van der Waals surface area contributed by atoms with Gasteiger partial charge in [-0.1, -0.05) is 11.6 Å². The Hall–Kier alpha value is -1.40. The highest BCUT2D eigenvalue weighted by Crippen LogP contribution is 2.24. The first-order valence-electron chi connectivity index (χ1n) is 7.11. The van der Waals surface area contributed by atoms with E-state index in [1.807, 2.05) is 4.90 Å². The molecule has 7 heteroatoms. The summed E-state index contributed by atoms with van der Waals surface area (Å²) in [5.41, 5.74) is 0. The van der Waals surface area contributed by atoms with Gasteiger partial charge >= 0.3 is 0 Å². The largest absolute Gasteiger partial charge is 0.381 e. The second-order valence-corrected chi connectivity index (χ2v) is 5.78. The van der Waals surface area contributed by atoms with Crippen molar-refractivity contribution in [2.45, 2.75) is 31.3 Å². The molecule has 1 aromatic rings. The lowest BCUT2D eigenvalue weighted by molar-refractivity contribution is -0.131. The zero-order valence-corrected chi connectivity index (χ0v) is 12.3. The number of hydrogen-bond donors (Lipinski definition) is 1. The lowest BCUT2D eigenvalue weighted by Crippen LogP contribution is -2.43. The number of amides is 1. The second-order valence-electron chi connectivity index (χ2n) is 5.34. The lowest BCUT2D eigenvalue weighted by Gasteiger charge is -2.31. The zero-order valence-electron chi connectivity index (χ0n) is 11.5. The normalized spacial score (nSPS) is 23.6. The number of anilines is 1. The lowest BCUT2D eigenvalue weighted by atomic mass is 10.1. The number of rotatable bonds is 3. The van der Waals surface area contributed by atoms with Crippen molar-refractivity contribution >= 4 is 23.3 Å². The van der Waals surface area contributed by atoms with Crippen LogP contribution in [0.4, 0.5) is 10.2 Å². The van der Waals surface area contributed by atoms with Gasteiger partial charge in [0.25, 0.3) is 0 Å². The van der Waals surface area contributed by atoms with E-state index in [4.69, 9.17) is 16.3 Å². The first-order valence-corrected chi connectivity index (χ1v) is 7.49. The minimum Gasteiger partial charge on any atom is -0.381 e. The molecule has 1 atom stereocenters. The second kappa shape index (κ2) is 6.15. The van der Waals surface area contributed by atoms with Gasteiger partial charge in [0, 0.05) is 32.0 Å². The smallest absolute Gasteiger partial charge is 0.245 e. The van der Waals surface area contributed by atoms with Crippen LogP contribution in [-0.4, -0.2) is 47.6 Å². The molecule has 1 N–H and O–H groups in total. The number of carbonyl (C=O) groups is 1. The van der Waals surface area contributed by atoms with Crippen molar-refractivity contribution < 1.29 is 13.9 Å². The van der Waals surface area contributed by atoms with Crippen LogP contribution in [-0.2, 0) is 9.53 Å². The van der Waals surface area contributed by atoms with E-state index in [0.717, 1.165) is 12.8 Å². The van der Waals surface area contributed by atoms with Crippen LogP contribution < -0.4 is 5.32 Å². The van der Waals surface area contributed by atoms with Gasteiger partial charge < -0.3 is 15.0 Å². The van der Waals surface area contributed by atoms with Crippen LogP contribution in [0, 0.1) is 5.82 Å². The number of nitrogens with one attached hydrogen (secondary N) is 1. The first kappa shape index (κ1) is 14.5. The van der Waals surface area contributed by atoms with Gasteiger partial charge in [-0.25, -0.2) is 9.37 Å². The highest BCUT2D eigenvalue weighted by molar-refractivity contribution is 6.30. The number of carbonyl (C=O) groups excluding carboxylic acids is 1. The zero-order chi connectivity index (χ0) is 14.8. The third-order valence-corrected chi connectivity index (χ3v) is 4.20. The van der Waals surface area contributed by atoms with E-state index in [1.165, 1.54) is 12.3 Å². The minimum absolute atomic E-state index is 0.0121. The molecular formula is C14H17ClFN3O2. The quantitative estimate of drug-likeness (QED) is 0.928. The molecule has 0 unspecified atom stereocenters. The monoisotopic (exact) mass is 313 g/mol. The van der Waals surface area contributed by atoms with Crippen molar-refractivity contribution in [3.05, 3.63) is 23.1 Å². The Morgan fingerprint density at radius 1 is 1.38 bits per heavy atom. The molecule has 0 aromatic carbocycles. The summed E-state index contributed by atoms with van der Waals surface area (Å²) in [7, 11) is 0. The van der Waals surface area contributed by atoms with Crippen molar-refractivity contribution in [1.82, 2.24) is 9.88 Å². The Kier molecular flexibility index (Phi) is 4.26. The van der Waals surface area contributed by atoms with Gasteiger partial charge in [-0.05, 0) is 25.3 Å². The van der Waals surface area contributed by atoms with Crippen LogP contribution >= 0.6 is 11.6 Å². The van der Waals surface area contributed by atoms with Crippen molar-refractivity contribution in [2.75, 3.05) is 25.1 Å². The molecule has 1 aromatic heterocycles. The van der Waals surface area contributed by atoms with E-state index >= 15 is 0 Å². The predicted molar refractivity (Wildman–Crippen MR) is 76.8 cm³/mol. The number of ether oxygens (including phenoxy) is 1. The highest BCUT2D eigenvalue weighted by Gasteiger charge is 2.36. The molecule has 1 amide bonds. The van der Waals surface area contributed by atoms with E-state index in [9.17, 15) is 9.18 Å². The molecule has 114 valence electrons. The SMILES string of the molecule is O=C1[C@@H](Nc2ncc(Cl)cc2F)CCN1C1CCOCC1. The third-order valence-electron chi connectivity index (χ3n) is 3.99. The molecule has 5 nitrogen and oxygen atoms in total. The van der Waals surface area contributed by atoms with E-state index in [-0.39, 0.29) is 22.8 Å². The molecule has 0 bridgehead atoms. The Morgan fingerprint density at radius 2 is 2.14 bits per heavy atom. The fourth-order valence-electron chi connectivity index (χ4n) is 2.88. The summed E-state index contributed by atoms with van der Waals surface area (Å²) in [6.07, 6.45) is 3.75. The molecule has 0 aliphatic carbocycles. The molecule has 0 saturated carbocycles. The summed E-state index contributed by atoms with van der Waals surface area (Å²) >= 11 is 5.67. The molecule has 2 saturated heterocycles. The highest BCUT2D eigenvalue weighted by atomic mass is 35.5. The van der Waals surface area contributed by atoms with E-state index < -0.39 is 11.9 Å². The Labute approximate surface area is 127 Å². The van der Waals surface area contributed by atoms with Crippen LogP contribution in [0.1, 0.15) is 19.3 Å². The number of hydrogen-bond acceptors (Lipinski definition) is 4. The van der Waals surface area contributed by atoms with Gasteiger partial charge in [0.15, 0.2) is 11.6 Å². The number of aromatic nitrogens is 1. The maximum atomic E-state index is 13.7. The number of pyridine rings is 1. The summed E-state index contributed by atoms with van der Waals surface area (Å²) in [4.78, 5) is 18.2. The molecule has 0 spiro atoms. The first-order chi connectivity index (χ1) is 10.1. The molecule has 3 heterocycles. The average molecular weight is 314 g/mol. The number of nitrogens with zero attached hydrogens (tertiary/aromatic N) is 2. The average Bonchev–Trinajstić information content (AvgIpc) is 2.84. The fourth-order valence-corrected chi connectivity index (χ4v) is 3.03. The molecule has 0 radical (unpaired) electrons. The summed E-state index contributed by atoms with van der Waals surface area (Å²) in [6, 6.07) is 1.00. The van der Waals surface area contributed by atoms with Gasteiger partial charge in [0.2, 0.25) is 5.91 Å². The molecular weight excluding hydrogens is 297 g/mol. The summed E-state index contributed by atoms with van der Waals surface area (Å²) in [5.74, 6) is -0.454. The van der Waals surface area contributed by atoms with Crippen LogP contribution in [0.2, 0.25) is 5.02 Å². The number of halogens is 2. The van der Waals surface area contributed by atoms with Crippen molar-refractivity contribution in [3.63, 3.8) is 0 Å². The van der Waals surface area contributed by atoms with E-state index in [2.05, 4.69) is 10.3 Å². The molecule has 2 aliphatic heterocycles. The van der Waals surface area contributed by atoms with Gasteiger partial charge in [0.05, 0.1) is 5.02 Å². The van der Waals surface area contributed by atoms with E-state index in [1.54, 1.807) is 0 Å². The van der Waals surface area contributed by atoms with Crippen molar-refractivity contribution in [3.8, 4) is 0 Å². The Balaban J connectivity index is 1.66. The summed E-state index contributed by atoms with van der Waals surface area (Å²) in [6.45, 7) is 2.08. The molecule has 2 fully saturated rings. The van der Waals surface area contributed by atoms with Crippen LogP contribution in [0.15, 0.2) is 12.3 Å². The van der Waals surface area contributed by atoms with Crippen molar-refractivity contribution in [2.24, 2.45) is 0 Å². The topological polar surface area (TPSA) is 54.5 Å². The van der Waals surface area contributed by atoms with Crippen LogP contribution in [0.25, 0.3) is 0 Å². The van der Waals surface area contributed by atoms with Gasteiger partial charge in [-0.2, -0.15) is 0 Å². The summed E-state index contributed by atoms with van der Waals surface area (Å²) in [5, 5.41) is 3.12. The summed E-state index contributed by atoms with van der Waals surface area (Å²) < 4.78 is 19.1. The minimum atomic E-state index is -0.542. The maximum Gasteiger partial charge on any atom is 0.245 e. The van der Waals surface area contributed by atoms with Gasteiger partial charge in [-0.3, -0.25) is 4.79 Å².